The van der Waals surface area contributed by atoms with E-state index in [2.05, 4.69) is 66.9 Å². The molecule has 1 fully saturated rings. The van der Waals surface area contributed by atoms with Crippen molar-refractivity contribution in [2.24, 2.45) is 0 Å². The largest absolute Gasteiger partial charge is 0.343 e. The molecule has 0 amide bonds. The van der Waals surface area contributed by atoms with Gasteiger partial charge >= 0.3 is 0 Å². The maximum Gasteiger partial charge on any atom is 0.229 e. The van der Waals surface area contributed by atoms with Crippen LogP contribution in [0.1, 0.15) is 43.5 Å². The Hall–Kier alpha value is -3.43. The maximum atomic E-state index is 14.8. The molecule has 0 spiro atoms. The Bertz CT molecular complexity index is 1340. The van der Waals surface area contributed by atoms with Crippen LogP contribution in [0.3, 0.4) is 0 Å². The minimum Gasteiger partial charge on any atom is -0.343 e. The molecule has 5 heterocycles. The van der Waals surface area contributed by atoms with Crippen LogP contribution < -0.4 is 5.32 Å². The zero-order valence-corrected chi connectivity index (χ0v) is 21.3. The van der Waals surface area contributed by atoms with Crippen LogP contribution in [0.15, 0.2) is 36.8 Å². The van der Waals surface area contributed by atoms with Crippen molar-refractivity contribution in [2.45, 2.75) is 40.2 Å². The van der Waals surface area contributed by atoms with Gasteiger partial charge in [0, 0.05) is 61.8 Å². The lowest BCUT2D eigenvalue weighted by Crippen LogP contribution is -2.45. The fourth-order valence-electron chi connectivity index (χ4n) is 4.95. The lowest BCUT2D eigenvalue weighted by Gasteiger charge is -2.33. The van der Waals surface area contributed by atoms with Gasteiger partial charge in [-0.25, -0.2) is 24.3 Å². The summed E-state index contributed by atoms with van der Waals surface area (Å²) >= 11 is 0. The fraction of sp³-hybridized carbons (Fsp3) is 0.407. The van der Waals surface area contributed by atoms with Crippen LogP contribution in [0, 0.1) is 12.7 Å². The maximum absolute atomic E-state index is 14.8. The molecule has 1 aliphatic heterocycles. The number of H-pyrrole nitrogens is 1. The van der Waals surface area contributed by atoms with E-state index in [9.17, 15) is 4.39 Å². The summed E-state index contributed by atoms with van der Waals surface area (Å²) in [7, 11) is 0. The van der Waals surface area contributed by atoms with Gasteiger partial charge in [-0.1, -0.05) is 26.8 Å². The molecule has 0 unspecified atom stereocenters. The number of nitrogens with one attached hydrogen (secondary N) is 2. The van der Waals surface area contributed by atoms with E-state index in [-0.39, 0.29) is 11.6 Å². The van der Waals surface area contributed by atoms with E-state index in [4.69, 9.17) is 0 Å². The van der Waals surface area contributed by atoms with E-state index in [1.54, 1.807) is 6.20 Å². The van der Waals surface area contributed by atoms with Gasteiger partial charge in [-0.3, -0.25) is 4.90 Å². The summed E-state index contributed by atoms with van der Waals surface area (Å²) in [4.78, 5) is 25.9. The third-order valence-corrected chi connectivity index (χ3v) is 6.87. The van der Waals surface area contributed by atoms with Gasteiger partial charge in [-0.2, -0.15) is 0 Å². The predicted molar refractivity (Wildman–Crippen MR) is 141 cm³/mol. The Balaban J connectivity index is 1.32. The number of pyridine rings is 2. The molecule has 9 heteroatoms. The molecule has 0 aromatic carbocycles. The van der Waals surface area contributed by atoms with Gasteiger partial charge < -0.3 is 15.2 Å². The highest BCUT2D eigenvalue weighted by Crippen LogP contribution is 2.31. The second-order valence-electron chi connectivity index (χ2n) is 9.72. The van der Waals surface area contributed by atoms with Gasteiger partial charge in [0.1, 0.15) is 17.2 Å². The highest BCUT2D eigenvalue weighted by Gasteiger charge is 2.17. The Morgan fingerprint density at radius 2 is 1.81 bits per heavy atom. The first-order chi connectivity index (χ1) is 17.4. The monoisotopic (exact) mass is 488 g/mol. The Labute approximate surface area is 211 Å². The predicted octanol–water partition coefficient (Wildman–Crippen LogP) is 4.87. The molecule has 1 aliphatic rings. The quantitative estimate of drug-likeness (QED) is 0.384. The normalized spacial score (nSPS) is 15.2. The van der Waals surface area contributed by atoms with Crippen LogP contribution in [0.2, 0.25) is 0 Å². The number of fused-ring (bicyclic) bond motifs is 1. The smallest absolute Gasteiger partial charge is 0.229 e. The third kappa shape index (κ3) is 5.08. The average Bonchev–Trinajstić information content (AvgIpc) is 3.22. The summed E-state index contributed by atoms with van der Waals surface area (Å²) in [5.74, 6) is 0.727. The number of likely N-dealkylation sites (N-methyl/N-ethyl adjacent to an activating group) is 1. The van der Waals surface area contributed by atoms with E-state index in [1.807, 2.05) is 25.3 Å². The molecular formula is C27H33FN8. The molecule has 0 saturated carbocycles. The number of aromatic amines is 1. The van der Waals surface area contributed by atoms with E-state index in [1.165, 1.54) is 11.8 Å². The highest BCUT2D eigenvalue weighted by molar-refractivity contribution is 5.86. The van der Waals surface area contributed by atoms with Crippen molar-refractivity contribution in [3.05, 3.63) is 59.4 Å². The number of hydrogen-bond donors (Lipinski definition) is 2. The number of rotatable bonds is 7. The molecule has 188 valence electrons. The number of piperazine rings is 1. The third-order valence-electron chi connectivity index (χ3n) is 6.87. The molecule has 0 atom stereocenters. The van der Waals surface area contributed by atoms with Crippen molar-refractivity contribution in [1.29, 1.82) is 0 Å². The van der Waals surface area contributed by atoms with Crippen LogP contribution >= 0.6 is 0 Å². The van der Waals surface area contributed by atoms with Gasteiger partial charge in [0.05, 0.1) is 6.20 Å². The zero-order chi connectivity index (χ0) is 25.2. The molecular weight excluding hydrogens is 455 g/mol. The molecule has 0 radical (unpaired) electrons. The lowest BCUT2D eigenvalue weighted by molar-refractivity contribution is 0.132. The van der Waals surface area contributed by atoms with E-state index in [0.717, 1.165) is 61.6 Å². The van der Waals surface area contributed by atoms with Crippen molar-refractivity contribution in [2.75, 3.05) is 38.0 Å². The summed E-state index contributed by atoms with van der Waals surface area (Å²) in [5, 5.41) is 4.10. The second kappa shape index (κ2) is 10.3. The van der Waals surface area contributed by atoms with E-state index < -0.39 is 5.82 Å². The van der Waals surface area contributed by atoms with Crippen LogP contribution in [0.5, 0.6) is 0 Å². The molecule has 8 nitrogen and oxygen atoms in total. The van der Waals surface area contributed by atoms with Gasteiger partial charge in [-0.05, 0) is 42.6 Å². The summed E-state index contributed by atoms with van der Waals surface area (Å²) in [5.41, 5.74) is 5.03. The van der Waals surface area contributed by atoms with E-state index in [0.29, 0.717) is 17.3 Å². The van der Waals surface area contributed by atoms with Gasteiger partial charge in [0.2, 0.25) is 5.95 Å². The van der Waals surface area contributed by atoms with Gasteiger partial charge in [0.25, 0.3) is 0 Å². The van der Waals surface area contributed by atoms with Gasteiger partial charge in [-0.15, -0.1) is 0 Å². The topological polar surface area (TPSA) is 85.9 Å². The van der Waals surface area contributed by atoms with Crippen LogP contribution in [0.4, 0.5) is 16.2 Å². The molecule has 36 heavy (non-hydrogen) atoms. The van der Waals surface area contributed by atoms with Crippen LogP contribution in [-0.4, -0.2) is 67.4 Å². The van der Waals surface area contributed by atoms with Crippen LogP contribution in [0.25, 0.3) is 22.3 Å². The van der Waals surface area contributed by atoms with Crippen molar-refractivity contribution in [3.63, 3.8) is 0 Å². The number of aryl methyl sites for hydroxylation is 1. The summed E-state index contributed by atoms with van der Waals surface area (Å²) in [6, 6.07) is 5.92. The summed E-state index contributed by atoms with van der Waals surface area (Å²) in [6.45, 7) is 14.9. The fourth-order valence-corrected chi connectivity index (χ4v) is 4.95. The molecule has 4 aromatic rings. The highest BCUT2D eigenvalue weighted by atomic mass is 19.1. The summed E-state index contributed by atoms with van der Waals surface area (Å²) in [6.07, 6.45) is 4.70. The van der Waals surface area contributed by atoms with Crippen LogP contribution in [-0.2, 0) is 6.54 Å². The minimum absolute atomic E-state index is 0.207. The van der Waals surface area contributed by atoms with Crippen molar-refractivity contribution >= 4 is 22.8 Å². The van der Waals surface area contributed by atoms with Crippen molar-refractivity contribution < 1.29 is 4.39 Å². The van der Waals surface area contributed by atoms with Crippen molar-refractivity contribution in [1.82, 2.24) is 34.7 Å². The standard InChI is InChI=1S/C27H33FN8/c1-5-35-8-10-36(11-9-35)16-19-6-7-23(29-13-19)33-27-31-15-22(28)25(34-27)20-12-21-24(17(2)3)18(4)32-26(21)30-14-20/h6-7,12-15,17H,5,8-11,16H2,1-4H3,(H,30,32)(H,29,31,33,34). The first-order valence-corrected chi connectivity index (χ1v) is 12.6. The number of aromatic nitrogens is 5. The first-order valence-electron chi connectivity index (χ1n) is 12.6. The second-order valence-corrected chi connectivity index (χ2v) is 9.72. The number of halogens is 1. The first kappa shape index (κ1) is 24.3. The van der Waals surface area contributed by atoms with Gasteiger partial charge in [0.15, 0.2) is 5.82 Å². The minimum atomic E-state index is -0.494. The summed E-state index contributed by atoms with van der Waals surface area (Å²) < 4.78 is 14.8. The molecule has 5 rings (SSSR count). The average molecular weight is 489 g/mol. The molecule has 0 bridgehead atoms. The number of hydrogen-bond acceptors (Lipinski definition) is 7. The molecule has 4 aromatic heterocycles. The Morgan fingerprint density at radius 3 is 2.50 bits per heavy atom. The Morgan fingerprint density at radius 1 is 1.03 bits per heavy atom. The zero-order valence-electron chi connectivity index (χ0n) is 21.3. The Kier molecular flexibility index (Phi) is 6.93. The molecule has 2 N–H and O–H groups in total. The molecule has 1 saturated heterocycles. The SMILES string of the molecule is CCN1CCN(Cc2ccc(Nc3ncc(F)c(-c4cnc5[nH]c(C)c(C(C)C)c5c4)n3)nc2)CC1. The molecule has 0 aliphatic carbocycles. The lowest BCUT2D eigenvalue weighted by atomic mass is 9.99. The van der Waals surface area contributed by atoms with Crippen molar-refractivity contribution in [3.8, 4) is 11.3 Å². The van der Waals surface area contributed by atoms with E-state index >= 15 is 0 Å². The number of anilines is 2. The number of nitrogens with zero attached hydrogens (tertiary/aromatic N) is 6.